The van der Waals surface area contributed by atoms with Crippen LogP contribution in [0.5, 0.6) is 5.75 Å². The zero-order chi connectivity index (χ0) is 32.6. The van der Waals surface area contributed by atoms with E-state index in [1.54, 1.807) is 11.0 Å². The molecule has 3 aromatic rings. The van der Waals surface area contributed by atoms with E-state index in [-0.39, 0.29) is 34.8 Å². The minimum absolute atomic E-state index is 0.197. The molecule has 1 atom stereocenters. The Hall–Kier alpha value is -3.73. The molecule has 3 N–H and O–H groups in total. The molecule has 0 radical (unpaired) electrons. The van der Waals surface area contributed by atoms with Crippen LogP contribution in [0, 0.1) is 5.92 Å². The van der Waals surface area contributed by atoms with Crippen molar-refractivity contribution in [1.29, 1.82) is 0 Å². The Labute approximate surface area is 260 Å². The molecule has 0 aliphatic carbocycles. The van der Waals surface area contributed by atoms with Crippen molar-refractivity contribution in [2.75, 3.05) is 36.5 Å². The zero-order valence-electron chi connectivity index (χ0n) is 27.3. The fourth-order valence-corrected chi connectivity index (χ4v) is 6.23. The molecule has 0 saturated carbocycles. The topological polar surface area (TPSA) is 130 Å². The molecule has 11 heteroatoms. The van der Waals surface area contributed by atoms with Crippen molar-refractivity contribution in [2.24, 2.45) is 5.92 Å². The second-order valence-electron chi connectivity index (χ2n) is 13.8. The summed E-state index contributed by atoms with van der Waals surface area (Å²) in [6.45, 7) is 15.1. The number of rotatable bonds is 7. The zero-order valence-corrected chi connectivity index (χ0v) is 28.1. The molecule has 2 amide bonds. The van der Waals surface area contributed by atoms with Gasteiger partial charge in [-0.1, -0.05) is 45.9 Å². The Bertz CT molecular complexity index is 1640. The maximum Gasteiger partial charge on any atom is 0.410 e. The predicted molar refractivity (Wildman–Crippen MR) is 175 cm³/mol. The Morgan fingerprint density at radius 3 is 2.23 bits per heavy atom. The summed E-state index contributed by atoms with van der Waals surface area (Å²) in [4.78, 5) is 31.3. The molecule has 1 unspecified atom stereocenters. The number of likely N-dealkylation sites (tertiary alicyclic amines) is 1. The SMILES string of the molecule is COc1c(NC(=O)c2cc3cccc(C(C)C4CCN(C(=O)OC(C)(C)C)CC4)c3[nH]2)cc(C(C)(C)C)cc1NS(C)(=O)=O. The largest absolute Gasteiger partial charge is 0.492 e. The van der Waals surface area contributed by atoms with E-state index in [4.69, 9.17) is 9.47 Å². The number of nitrogens with zero attached hydrogens (tertiary/aromatic N) is 1. The van der Waals surface area contributed by atoms with Gasteiger partial charge in [-0.3, -0.25) is 9.52 Å². The Morgan fingerprint density at radius 2 is 1.66 bits per heavy atom. The number of carbonyl (C=O) groups excluding carboxylic acids is 2. The van der Waals surface area contributed by atoms with Crippen LogP contribution in [0.25, 0.3) is 10.9 Å². The van der Waals surface area contributed by atoms with Crippen LogP contribution in [0.1, 0.15) is 88.8 Å². The molecule has 10 nitrogen and oxygen atoms in total. The third kappa shape index (κ3) is 7.85. The second kappa shape index (κ2) is 12.3. The maximum absolute atomic E-state index is 13.6. The van der Waals surface area contributed by atoms with Gasteiger partial charge in [0.05, 0.1) is 24.7 Å². The number of piperidine rings is 1. The molecule has 1 aromatic heterocycles. The number of hydrogen-bond acceptors (Lipinski definition) is 6. The quantitative estimate of drug-likeness (QED) is 0.263. The van der Waals surface area contributed by atoms with Crippen molar-refractivity contribution in [3.8, 4) is 5.75 Å². The minimum atomic E-state index is -3.60. The maximum atomic E-state index is 13.6. The smallest absolute Gasteiger partial charge is 0.410 e. The molecule has 4 rings (SSSR count). The molecule has 240 valence electrons. The molecule has 44 heavy (non-hydrogen) atoms. The molecule has 1 aliphatic rings. The first-order valence-corrected chi connectivity index (χ1v) is 16.9. The third-order valence-electron chi connectivity index (χ3n) is 8.02. The number of benzene rings is 2. The number of carbonyl (C=O) groups is 2. The lowest BCUT2D eigenvalue weighted by Gasteiger charge is -2.36. The Kier molecular flexibility index (Phi) is 9.30. The summed E-state index contributed by atoms with van der Waals surface area (Å²) in [6.07, 6.45) is 2.52. The molecule has 0 spiro atoms. The van der Waals surface area contributed by atoms with E-state index in [1.807, 2.05) is 65.8 Å². The number of para-hydroxylation sites is 1. The van der Waals surface area contributed by atoms with Crippen LogP contribution in [0.15, 0.2) is 36.4 Å². The van der Waals surface area contributed by atoms with Crippen LogP contribution in [-0.4, -0.2) is 62.4 Å². The number of hydrogen-bond donors (Lipinski definition) is 3. The highest BCUT2D eigenvalue weighted by Crippen LogP contribution is 2.40. The lowest BCUT2D eigenvalue weighted by molar-refractivity contribution is 0.0176. The predicted octanol–water partition coefficient (Wildman–Crippen LogP) is 6.85. The fourth-order valence-electron chi connectivity index (χ4n) is 5.68. The lowest BCUT2D eigenvalue weighted by atomic mass is 9.81. The van der Waals surface area contributed by atoms with Crippen molar-refractivity contribution >= 4 is 44.3 Å². The van der Waals surface area contributed by atoms with Gasteiger partial charge in [-0.05, 0) is 80.2 Å². The molecule has 1 aliphatic heterocycles. The van der Waals surface area contributed by atoms with Gasteiger partial charge in [0.25, 0.3) is 5.91 Å². The van der Waals surface area contributed by atoms with Crippen molar-refractivity contribution in [3.63, 3.8) is 0 Å². The summed E-state index contributed by atoms with van der Waals surface area (Å²) in [5.41, 5.74) is 2.98. The van der Waals surface area contributed by atoms with Gasteiger partial charge in [-0.2, -0.15) is 0 Å². The summed E-state index contributed by atoms with van der Waals surface area (Å²) in [7, 11) is -2.16. The number of H-pyrrole nitrogens is 1. The van der Waals surface area contributed by atoms with Crippen molar-refractivity contribution in [2.45, 2.75) is 78.2 Å². The summed E-state index contributed by atoms with van der Waals surface area (Å²) in [5, 5.41) is 3.86. The molecule has 2 heterocycles. The highest BCUT2D eigenvalue weighted by molar-refractivity contribution is 7.92. The van der Waals surface area contributed by atoms with Gasteiger partial charge in [0.1, 0.15) is 11.3 Å². The molecule has 2 aromatic carbocycles. The third-order valence-corrected chi connectivity index (χ3v) is 8.62. The molecule has 1 fully saturated rings. The number of aromatic amines is 1. The van der Waals surface area contributed by atoms with E-state index < -0.39 is 15.6 Å². The van der Waals surface area contributed by atoms with Gasteiger partial charge in [-0.25, -0.2) is 13.2 Å². The highest BCUT2D eigenvalue weighted by atomic mass is 32.2. The van der Waals surface area contributed by atoms with Crippen LogP contribution in [0.3, 0.4) is 0 Å². The first-order valence-electron chi connectivity index (χ1n) is 15.0. The first-order chi connectivity index (χ1) is 20.4. The van der Waals surface area contributed by atoms with Crippen LogP contribution in [0.2, 0.25) is 0 Å². The average molecular weight is 627 g/mol. The highest BCUT2D eigenvalue weighted by Gasteiger charge is 2.31. The van der Waals surface area contributed by atoms with Gasteiger partial charge >= 0.3 is 6.09 Å². The van der Waals surface area contributed by atoms with E-state index in [0.717, 1.165) is 41.1 Å². The van der Waals surface area contributed by atoms with Crippen molar-refractivity contribution in [3.05, 3.63) is 53.2 Å². The number of fused-ring (bicyclic) bond motifs is 1. The number of sulfonamides is 1. The Balaban J connectivity index is 1.58. The van der Waals surface area contributed by atoms with Crippen LogP contribution >= 0.6 is 0 Å². The first kappa shape index (κ1) is 33.2. The normalized spacial score (nSPS) is 15.6. The summed E-state index contributed by atoms with van der Waals surface area (Å²) in [5.74, 6) is 0.410. The van der Waals surface area contributed by atoms with Crippen molar-refractivity contribution < 1.29 is 27.5 Å². The minimum Gasteiger partial charge on any atom is -0.492 e. The number of ether oxygens (including phenoxy) is 2. The summed E-state index contributed by atoms with van der Waals surface area (Å²) >= 11 is 0. The standard InChI is InChI=1S/C33H46N4O6S/c1-20(21-13-15-37(16-14-21)31(39)43-33(5,6)7)24-12-10-11-22-17-27(34-28(22)24)30(38)35-25-18-23(32(2,3)4)19-26(29(25)42-8)36-44(9,40)41/h10-12,17-21,34,36H,13-16H2,1-9H3,(H,35,38). The molecular formula is C33H46N4O6S. The van der Waals surface area contributed by atoms with Gasteiger partial charge in [0.2, 0.25) is 10.0 Å². The number of amides is 2. The van der Waals surface area contributed by atoms with E-state index >= 15 is 0 Å². The molecular weight excluding hydrogens is 580 g/mol. The Morgan fingerprint density at radius 1 is 1.02 bits per heavy atom. The molecule has 1 saturated heterocycles. The number of anilines is 2. The van der Waals surface area contributed by atoms with Gasteiger partial charge in [-0.15, -0.1) is 0 Å². The average Bonchev–Trinajstić information content (AvgIpc) is 3.35. The number of nitrogens with one attached hydrogen (secondary N) is 3. The van der Waals surface area contributed by atoms with E-state index in [9.17, 15) is 18.0 Å². The number of aromatic nitrogens is 1. The monoisotopic (exact) mass is 626 g/mol. The van der Waals surface area contributed by atoms with E-state index in [1.165, 1.54) is 7.11 Å². The molecule has 0 bridgehead atoms. The van der Waals surface area contributed by atoms with Crippen molar-refractivity contribution in [1.82, 2.24) is 9.88 Å². The van der Waals surface area contributed by atoms with Gasteiger partial charge < -0.3 is 24.7 Å². The van der Waals surface area contributed by atoms with E-state index in [2.05, 4.69) is 28.0 Å². The van der Waals surface area contributed by atoms with Gasteiger partial charge in [0.15, 0.2) is 5.75 Å². The van der Waals surface area contributed by atoms with Crippen LogP contribution in [-0.2, 0) is 20.2 Å². The lowest BCUT2D eigenvalue weighted by Crippen LogP contribution is -2.42. The van der Waals surface area contributed by atoms with Gasteiger partial charge in [0, 0.05) is 24.0 Å². The van der Waals surface area contributed by atoms with Crippen LogP contribution in [0.4, 0.5) is 16.2 Å². The summed E-state index contributed by atoms with van der Waals surface area (Å²) < 4.78 is 37.8. The summed E-state index contributed by atoms with van der Waals surface area (Å²) in [6, 6.07) is 11.4. The fraction of sp³-hybridized carbons (Fsp3) is 0.515. The second-order valence-corrected chi connectivity index (χ2v) is 15.5. The van der Waals surface area contributed by atoms with E-state index in [0.29, 0.717) is 30.4 Å². The number of methoxy groups -OCH3 is 1. The van der Waals surface area contributed by atoms with Crippen LogP contribution < -0.4 is 14.8 Å².